The van der Waals surface area contributed by atoms with Crippen molar-refractivity contribution in [2.75, 3.05) is 19.0 Å². The molecule has 4 rings (SSSR count). The zero-order valence-electron chi connectivity index (χ0n) is 19.3. The maximum atomic E-state index is 14.2. The van der Waals surface area contributed by atoms with E-state index >= 15 is 0 Å². The number of nitrogens with one attached hydrogen (secondary N) is 1. The number of hydrogen-bond donors (Lipinski definition) is 2. The van der Waals surface area contributed by atoms with Crippen molar-refractivity contribution in [3.8, 4) is 11.5 Å². The van der Waals surface area contributed by atoms with Crippen LogP contribution in [0.4, 0.5) is 10.1 Å². The molecule has 0 saturated heterocycles. The van der Waals surface area contributed by atoms with E-state index in [4.69, 9.17) is 14.3 Å². The minimum atomic E-state index is -1.32. The Kier molecular flexibility index (Phi) is 7.89. The van der Waals surface area contributed by atoms with Crippen LogP contribution in [0.1, 0.15) is 22.3 Å². The van der Waals surface area contributed by atoms with Gasteiger partial charge in [0.15, 0.2) is 11.5 Å². The van der Waals surface area contributed by atoms with E-state index in [-0.39, 0.29) is 18.7 Å². The van der Waals surface area contributed by atoms with E-state index in [2.05, 4.69) is 17.4 Å². The van der Waals surface area contributed by atoms with Gasteiger partial charge in [-0.2, -0.15) is 0 Å². The molecule has 34 heavy (non-hydrogen) atoms. The minimum Gasteiger partial charge on any atom is -0.493 e. The number of halogens is 1. The summed E-state index contributed by atoms with van der Waals surface area (Å²) in [6.07, 6.45) is 1.00. The Morgan fingerprint density at radius 2 is 1.85 bits per heavy atom. The van der Waals surface area contributed by atoms with Crippen molar-refractivity contribution in [3.05, 3.63) is 88.7 Å². The van der Waals surface area contributed by atoms with Gasteiger partial charge in [-0.1, -0.05) is 42.0 Å². The number of carboxylic acids is 1. The van der Waals surface area contributed by atoms with Crippen LogP contribution in [-0.2, 0) is 28.9 Å². The predicted molar refractivity (Wildman–Crippen MR) is 128 cm³/mol. The van der Waals surface area contributed by atoms with Gasteiger partial charge in [-0.3, -0.25) is 0 Å². The van der Waals surface area contributed by atoms with Gasteiger partial charge < -0.3 is 24.7 Å². The number of carboxylic acid groups (broad SMARTS) is 1. The van der Waals surface area contributed by atoms with Crippen LogP contribution in [-0.4, -0.2) is 37.1 Å². The van der Waals surface area contributed by atoms with Crippen molar-refractivity contribution in [2.24, 2.45) is 0 Å². The lowest BCUT2D eigenvalue weighted by molar-refractivity contribution is -0.142. The lowest BCUT2D eigenvalue weighted by atomic mass is 9.95. The third-order valence-electron chi connectivity index (χ3n) is 5.87. The summed E-state index contributed by atoms with van der Waals surface area (Å²) in [5.74, 6) is -0.314. The van der Waals surface area contributed by atoms with Crippen LogP contribution in [0.25, 0.3) is 0 Å². The van der Waals surface area contributed by atoms with E-state index in [0.717, 1.165) is 6.42 Å². The molecule has 3 aromatic carbocycles. The second kappa shape index (κ2) is 10.8. The number of anilines is 1. The van der Waals surface area contributed by atoms with Gasteiger partial charge in [-0.15, -0.1) is 0 Å². The number of aryl methyl sites for hydroxylation is 1. The molecule has 1 aliphatic rings. The van der Waals surface area contributed by atoms with Crippen LogP contribution in [0.3, 0.4) is 0 Å². The van der Waals surface area contributed by atoms with Crippen molar-refractivity contribution in [1.29, 1.82) is 0 Å². The van der Waals surface area contributed by atoms with E-state index in [1.54, 1.807) is 37.4 Å². The monoisotopic (exact) mass is 465 g/mol. The van der Waals surface area contributed by atoms with Crippen LogP contribution in [0.5, 0.6) is 11.5 Å². The van der Waals surface area contributed by atoms with E-state index in [1.165, 1.54) is 17.2 Å². The number of hydrogen-bond acceptors (Lipinski definition) is 5. The summed E-state index contributed by atoms with van der Waals surface area (Å²) >= 11 is 0. The molecule has 1 aliphatic carbocycles. The third kappa shape index (κ3) is 5.36. The van der Waals surface area contributed by atoms with Crippen LogP contribution in [0.15, 0.2) is 60.7 Å². The zero-order valence-corrected chi connectivity index (χ0v) is 19.3. The van der Waals surface area contributed by atoms with Crippen molar-refractivity contribution in [3.63, 3.8) is 0 Å². The highest BCUT2D eigenvalue weighted by molar-refractivity contribution is 5.85. The molecule has 0 aliphatic heterocycles. The van der Waals surface area contributed by atoms with Gasteiger partial charge in [0.05, 0.1) is 13.7 Å². The normalized spacial score (nSPS) is 16.1. The lowest BCUT2D eigenvalue weighted by Crippen LogP contribution is -2.47. The fourth-order valence-electron chi connectivity index (χ4n) is 4.24. The Labute approximate surface area is 198 Å². The summed E-state index contributed by atoms with van der Waals surface area (Å²) < 4.78 is 25.6. The molecule has 0 aromatic heterocycles. The number of ether oxygens (including phenoxy) is 2. The zero-order chi connectivity index (χ0) is 24.7. The van der Waals surface area contributed by atoms with Gasteiger partial charge in [0.1, 0.15) is 18.1 Å². The molecule has 2 N–H and O–H groups in total. The first-order chi connectivity index (χ1) is 16.4. The first kappa shape index (κ1) is 24.8. The van der Waals surface area contributed by atoms with E-state index < -0.39 is 11.5 Å². The smallest absolute Gasteiger partial charge is 0.330 e. The Morgan fingerprint density at radius 1 is 1.09 bits per heavy atom. The van der Waals surface area contributed by atoms with Gasteiger partial charge in [0, 0.05) is 31.0 Å². The van der Waals surface area contributed by atoms with Gasteiger partial charge in [-0.05, 0) is 41.8 Å². The Bertz CT molecular complexity index is 1170. The minimum absolute atomic E-state index is 0.0694. The maximum absolute atomic E-state index is 14.2. The molecule has 0 amide bonds. The van der Waals surface area contributed by atoms with E-state index in [0.29, 0.717) is 34.9 Å². The van der Waals surface area contributed by atoms with Gasteiger partial charge >= 0.3 is 5.97 Å². The van der Waals surface area contributed by atoms with Gasteiger partial charge in [0.25, 0.3) is 0 Å². The number of carbonyl (C=O) groups is 2. The summed E-state index contributed by atoms with van der Waals surface area (Å²) in [6.45, 7) is 4.50. The van der Waals surface area contributed by atoms with E-state index in [9.17, 15) is 14.3 Å². The molecule has 0 fully saturated rings. The quantitative estimate of drug-likeness (QED) is 0.505. The largest absolute Gasteiger partial charge is 0.493 e. The average molecular weight is 466 g/mol. The molecule has 3 aromatic rings. The molecule has 0 radical (unpaired) electrons. The standard InChI is InChI=1S/C26H26FNO4.CH2O/c1-17-5-3-6-18(13-17)11-12-32-24-14-20(9-10-23(24)31-2)28-26(25(29)30)15-19-7-4-8-22(27)21(19)16-26;1-2/h3-10,13-14,28H,11-12,15-16H2,1-2H3,(H,29,30);1H2. The highest BCUT2D eigenvalue weighted by Crippen LogP contribution is 2.37. The molecule has 1 atom stereocenters. The predicted octanol–water partition coefficient (Wildman–Crippen LogP) is 4.61. The van der Waals surface area contributed by atoms with Crippen molar-refractivity contribution in [1.82, 2.24) is 0 Å². The molecule has 0 bridgehead atoms. The highest BCUT2D eigenvalue weighted by Gasteiger charge is 2.45. The SMILES string of the molecule is C=O.COc1ccc(NC2(C(=O)O)Cc3cccc(F)c3C2)cc1OCCc1cccc(C)c1. The fraction of sp³-hybridized carbons (Fsp3) is 0.259. The topological polar surface area (TPSA) is 84.9 Å². The van der Waals surface area contributed by atoms with Crippen LogP contribution in [0, 0.1) is 12.7 Å². The van der Waals surface area contributed by atoms with Crippen molar-refractivity contribution >= 4 is 18.4 Å². The molecule has 1 unspecified atom stereocenters. The molecule has 0 saturated carbocycles. The number of carbonyl (C=O) groups excluding carboxylic acids is 1. The molecular formula is C27H28FNO5. The van der Waals surface area contributed by atoms with Crippen LogP contribution in [0.2, 0.25) is 0 Å². The highest BCUT2D eigenvalue weighted by atomic mass is 19.1. The first-order valence-electron chi connectivity index (χ1n) is 10.8. The Hall–Kier alpha value is -3.87. The Morgan fingerprint density at radius 3 is 2.53 bits per heavy atom. The molecule has 178 valence electrons. The lowest BCUT2D eigenvalue weighted by Gasteiger charge is -2.27. The third-order valence-corrected chi connectivity index (χ3v) is 5.87. The molecule has 0 spiro atoms. The summed E-state index contributed by atoms with van der Waals surface area (Å²) in [6, 6.07) is 18.2. The van der Waals surface area contributed by atoms with Crippen LogP contribution < -0.4 is 14.8 Å². The van der Waals surface area contributed by atoms with Gasteiger partial charge in [0.2, 0.25) is 0 Å². The number of rotatable bonds is 8. The van der Waals surface area contributed by atoms with Crippen molar-refractivity contribution < 1.29 is 28.6 Å². The maximum Gasteiger partial charge on any atom is 0.330 e. The number of benzene rings is 3. The van der Waals surface area contributed by atoms with E-state index in [1.807, 2.05) is 25.8 Å². The fourth-order valence-corrected chi connectivity index (χ4v) is 4.24. The summed E-state index contributed by atoms with van der Waals surface area (Å²) in [4.78, 5) is 20.2. The summed E-state index contributed by atoms with van der Waals surface area (Å²) in [5.41, 5.74) is 2.78. The summed E-state index contributed by atoms with van der Waals surface area (Å²) in [7, 11) is 1.56. The molecular weight excluding hydrogens is 437 g/mol. The van der Waals surface area contributed by atoms with Crippen molar-refractivity contribution in [2.45, 2.75) is 31.7 Å². The average Bonchev–Trinajstić information content (AvgIpc) is 3.22. The Balaban J connectivity index is 0.00000158. The first-order valence-corrected chi connectivity index (χ1v) is 10.8. The number of fused-ring (bicyclic) bond motifs is 1. The second-order valence-corrected chi connectivity index (χ2v) is 8.20. The van der Waals surface area contributed by atoms with Gasteiger partial charge in [-0.25, -0.2) is 9.18 Å². The molecule has 0 heterocycles. The number of methoxy groups -OCH3 is 1. The number of aliphatic carboxylic acids is 1. The van der Waals surface area contributed by atoms with Crippen LogP contribution >= 0.6 is 0 Å². The second-order valence-electron chi connectivity index (χ2n) is 8.20. The molecule has 7 heteroatoms. The summed E-state index contributed by atoms with van der Waals surface area (Å²) in [5, 5.41) is 13.1. The molecule has 6 nitrogen and oxygen atoms in total.